The third-order valence-corrected chi connectivity index (χ3v) is 8.67. The zero-order valence-electron chi connectivity index (χ0n) is 24.9. The molecule has 0 fully saturated rings. The van der Waals surface area contributed by atoms with Gasteiger partial charge in [-0.3, -0.25) is 0 Å². The van der Waals surface area contributed by atoms with Gasteiger partial charge in [0.2, 0.25) is 0 Å². The molecule has 0 saturated heterocycles. The Labute approximate surface area is 238 Å². The number of aromatic hydroxyl groups is 1. The van der Waals surface area contributed by atoms with E-state index in [2.05, 4.69) is 116 Å². The minimum atomic E-state index is 0.244. The summed E-state index contributed by atoms with van der Waals surface area (Å²) in [5.41, 5.74) is 15.0. The molecule has 0 aromatic heterocycles. The van der Waals surface area contributed by atoms with Gasteiger partial charge in [0, 0.05) is 16.7 Å². The number of ether oxygens (including phenoxy) is 1. The van der Waals surface area contributed by atoms with Gasteiger partial charge in [0.05, 0.1) is 0 Å². The van der Waals surface area contributed by atoms with Crippen LogP contribution in [0.5, 0.6) is 17.2 Å². The van der Waals surface area contributed by atoms with Crippen LogP contribution < -0.4 is 4.74 Å². The molecule has 5 rings (SSSR count). The maximum Gasteiger partial charge on any atom is 0.144 e. The number of benzene rings is 5. The van der Waals surface area contributed by atoms with Crippen LogP contribution in [0.2, 0.25) is 0 Å². The summed E-state index contributed by atoms with van der Waals surface area (Å²) >= 11 is 0. The molecule has 0 aliphatic heterocycles. The van der Waals surface area contributed by atoms with E-state index in [4.69, 9.17) is 4.74 Å². The van der Waals surface area contributed by atoms with Gasteiger partial charge in [-0.2, -0.15) is 0 Å². The molecular weight excluding hydrogens is 488 g/mol. The first-order valence-corrected chi connectivity index (χ1v) is 13.9. The predicted octanol–water partition coefficient (Wildman–Crippen LogP) is 10.7. The van der Waals surface area contributed by atoms with Crippen molar-refractivity contribution in [2.24, 2.45) is 0 Å². The van der Waals surface area contributed by atoms with Gasteiger partial charge in [-0.15, -0.1) is 0 Å². The Bertz CT molecular complexity index is 1760. The molecular formula is C38H38O2. The van der Waals surface area contributed by atoms with Gasteiger partial charge in [-0.1, -0.05) is 66.7 Å². The number of rotatable bonds is 5. The van der Waals surface area contributed by atoms with Crippen LogP contribution in [0.1, 0.15) is 44.5 Å². The van der Waals surface area contributed by atoms with Crippen LogP contribution in [0.25, 0.3) is 33.4 Å². The van der Waals surface area contributed by atoms with Crippen LogP contribution in [0.3, 0.4) is 0 Å². The standard InChI is InChI=1S/C38H38O2/c1-22-13-9-17-30(26(22)5)33-21-34(39)36(31-18-10-14-23(2)27(31)6)37(32-19-11-15-24(3)28(32)7)38(33)40-35-20-12-16-25(4)29(35)8/h9-21,39H,1-8H3. The largest absolute Gasteiger partial charge is 0.507 e. The van der Waals surface area contributed by atoms with Crippen molar-refractivity contribution in [3.05, 3.63) is 123 Å². The first kappa shape index (κ1) is 27.3. The van der Waals surface area contributed by atoms with Crippen LogP contribution >= 0.6 is 0 Å². The van der Waals surface area contributed by atoms with Gasteiger partial charge in [-0.05, 0) is 129 Å². The smallest absolute Gasteiger partial charge is 0.144 e. The summed E-state index contributed by atoms with van der Waals surface area (Å²) in [7, 11) is 0. The summed E-state index contributed by atoms with van der Waals surface area (Å²) < 4.78 is 7.03. The molecule has 0 atom stereocenters. The van der Waals surface area contributed by atoms with Crippen LogP contribution in [-0.2, 0) is 0 Å². The minimum Gasteiger partial charge on any atom is -0.507 e. The minimum absolute atomic E-state index is 0.244. The van der Waals surface area contributed by atoms with Crippen molar-refractivity contribution in [3.8, 4) is 50.6 Å². The first-order chi connectivity index (χ1) is 19.1. The maximum absolute atomic E-state index is 11.9. The van der Waals surface area contributed by atoms with Crippen molar-refractivity contribution in [2.45, 2.75) is 55.4 Å². The van der Waals surface area contributed by atoms with Crippen molar-refractivity contribution >= 4 is 0 Å². The van der Waals surface area contributed by atoms with Crippen molar-refractivity contribution in [3.63, 3.8) is 0 Å². The Kier molecular flexibility index (Phi) is 7.29. The highest BCUT2D eigenvalue weighted by molar-refractivity contribution is 5.99. The molecule has 2 heteroatoms. The Balaban J connectivity index is 2.00. The maximum atomic E-state index is 11.9. The van der Waals surface area contributed by atoms with Gasteiger partial charge in [0.25, 0.3) is 0 Å². The van der Waals surface area contributed by atoms with E-state index in [1.54, 1.807) is 0 Å². The molecule has 202 valence electrons. The monoisotopic (exact) mass is 526 g/mol. The molecule has 5 aromatic carbocycles. The number of phenolic OH excluding ortho intramolecular Hbond substituents is 1. The Hall–Kier alpha value is -4.30. The highest BCUT2D eigenvalue weighted by Crippen LogP contribution is 2.53. The fourth-order valence-corrected chi connectivity index (χ4v) is 5.52. The van der Waals surface area contributed by atoms with Crippen LogP contribution in [0, 0.1) is 55.4 Å². The lowest BCUT2D eigenvalue weighted by molar-refractivity contribution is 0.467. The molecule has 0 aliphatic rings. The summed E-state index contributed by atoms with van der Waals surface area (Å²) in [6, 6.07) is 27.1. The lowest BCUT2D eigenvalue weighted by Crippen LogP contribution is -2.01. The Morgan fingerprint density at radius 2 is 0.875 bits per heavy atom. The molecule has 0 amide bonds. The van der Waals surface area contributed by atoms with Gasteiger partial charge >= 0.3 is 0 Å². The van der Waals surface area contributed by atoms with Crippen molar-refractivity contribution < 1.29 is 9.84 Å². The number of hydrogen-bond donors (Lipinski definition) is 1. The SMILES string of the molecule is Cc1cccc(Oc2c(-c3cccc(C)c3C)cc(O)c(-c3cccc(C)c3C)c2-c2cccc(C)c2C)c1C. The molecule has 0 saturated carbocycles. The normalized spacial score (nSPS) is 11.1. The third kappa shape index (κ3) is 4.69. The fourth-order valence-electron chi connectivity index (χ4n) is 5.52. The number of aryl methyl sites for hydroxylation is 4. The van der Waals surface area contributed by atoms with Crippen molar-refractivity contribution in [1.82, 2.24) is 0 Å². The van der Waals surface area contributed by atoms with E-state index in [0.29, 0.717) is 0 Å². The highest BCUT2D eigenvalue weighted by atomic mass is 16.5. The molecule has 5 aromatic rings. The Morgan fingerprint density at radius 1 is 0.450 bits per heavy atom. The van der Waals surface area contributed by atoms with Crippen LogP contribution in [0.4, 0.5) is 0 Å². The second-order valence-corrected chi connectivity index (χ2v) is 11.1. The van der Waals surface area contributed by atoms with E-state index in [1.807, 2.05) is 18.2 Å². The second-order valence-electron chi connectivity index (χ2n) is 11.1. The zero-order valence-corrected chi connectivity index (χ0v) is 24.9. The van der Waals surface area contributed by atoms with E-state index >= 15 is 0 Å². The van der Waals surface area contributed by atoms with E-state index < -0.39 is 0 Å². The summed E-state index contributed by atoms with van der Waals surface area (Å²) in [6.45, 7) is 17.0. The van der Waals surface area contributed by atoms with E-state index in [1.165, 1.54) is 27.8 Å². The average molecular weight is 527 g/mol. The Morgan fingerprint density at radius 3 is 1.43 bits per heavy atom. The second kappa shape index (κ2) is 10.7. The van der Waals surface area contributed by atoms with Crippen LogP contribution in [0.15, 0.2) is 78.9 Å². The lowest BCUT2D eigenvalue weighted by atomic mass is 9.83. The summed E-state index contributed by atoms with van der Waals surface area (Å²) in [5, 5.41) is 11.9. The first-order valence-electron chi connectivity index (χ1n) is 13.9. The highest BCUT2D eigenvalue weighted by Gasteiger charge is 2.27. The summed E-state index contributed by atoms with van der Waals surface area (Å²) in [5.74, 6) is 1.81. The average Bonchev–Trinajstić information content (AvgIpc) is 2.92. The van der Waals surface area contributed by atoms with Crippen molar-refractivity contribution in [1.29, 1.82) is 0 Å². The quantitative estimate of drug-likeness (QED) is 0.247. The van der Waals surface area contributed by atoms with Gasteiger partial charge in [-0.25, -0.2) is 0 Å². The molecule has 0 aliphatic carbocycles. The predicted molar refractivity (Wildman–Crippen MR) is 169 cm³/mol. The van der Waals surface area contributed by atoms with Crippen LogP contribution in [-0.4, -0.2) is 5.11 Å². The molecule has 0 unspecified atom stereocenters. The zero-order chi connectivity index (χ0) is 28.7. The molecule has 2 nitrogen and oxygen atoms in total. The third-order valence-electron chi connectivity index (χ3n) is 8.67. The van der Waals surface area contributed by atoms with Gasteiger partial charge < -0.3 is 9.84 Å². The molecule has 1 N–H and O–H groups in total. The molecule has 0 spiro atoms. The van der Waals surface area contributed by atoms with E-state index in [9.17, 15) is 5.11 Å². The summed E-state index contributed by atoms with van der Waals surface area (Å²) in [4.78, 5) is 0. The lowest BCUT2D eigenvalue weighted by Gasteiger charge is -2.25. The fraction of sp³-hybridized carbons (Fsp3) is 0.211. The molecule has 0 heterocycles. The van der Waals surface area contributed by atoms with Gasteiger partial charge in [0.15, 0.2) is 0 Å². The van der Waals surface area contributed by atoms with E-state index in [0.717, 1.165) is 61.6 Å². The molecule has 0 radical (unpaired) electrons. The molecule has 40 heavy (non-hydrogen) atoms. The molecule has 0 bridgehead atoms. The van der Waals surface area contributed by atoms with E-state index in [-0.39, 0.29) is 5.75 Å². The van der Waals surface area contributed by atoms with Gasteiger partial charge in [0.1, 0.15) is 17.2 Å². The number of hydrogen-bond acceptors (Lipinski definition) is 2. The number of phenols is 1. The summed E-state index contributed by atoms with van der Waals surface area (Å²) in [6.07, 6.45) is 0. The topological polar surface area (TPSA) is 29.5 Å². The van der Waals surface area contributed by atoms with Crippen molar-refractivity contribution in [2.75, 3.05) is 0 Å².